The summed E-state index contributed by atoms with van der Waals surface area (Å²) >= 11 is 0. The van der Waals surface area contributed by atoms with Crippen LogP contribution < -0.4 is 4.74 Å². The third kappa shape index (κ3) is 7.59. The molecule has 1 heterocycles. The Morgan fingerprint density at radius 3 is 2.38 bits per heavy atom. The van der Waals surface area contributed by atoms with E-state index in [1.54, 1.807) is 10.6 Å². The fourth-order valence-corrected chi connectivity index (χ4v) is 4.89. The maximum Gasteiger partial charge on any atom is 0.323 e. The summed E-state index contributed by atoms with van der Waals surface area (Å²) in [5.74, 6) is -1.16. The molecular formula is C33H34FNO5. The van der Waals surface area contributed by atoms with Crippen molar-refractivity contribution >= 4 is 35.0 Å². The number of nitrogens with zero attached hydrogens (tertiary/aromatic N) is 1. The van der Waals surface area contributed by atoms with Crippen molar-refractivity contribution in [2.75, 3.05) is 6.61 Å². The summed E-state index contributed by atoms with van der Waals surface area (Å²) < 4.78 is 21.3. The van der Waals surface area contributed by atoms with Crippen molar-refractivity contribution in [1.82, 2.24) is 4.57 Å². The zero-order chi connectivity index (χ0) is 28.5. The lowest BCUT2D eigenvalue weighted by molar-refractivity contribution is -0.138. The Kier molecular flexibility index (Phi) is 9.73. The Hall–Kier alpha value is -4.39. The van der Waals surface area contributed by atoms with Crippen LogP contribution in [0.1, 0.15) is 53.5 Å². The average molecular weight is 544 g/mol. The molecule has 2 N–H and O–H groups in total. The molecule has 0 saturated carbocycles. The van der Waals surface area contributed by atoms with Crippen molar-refractivity contribution in [2.24, 2.45) is 0 Å². The van der Waals surface area contributed by atoms with Crippen LogP contribution in [0.25, 0.3) is 23.1 Å². The van der Waals surface area contributed by atoms with Gasteiger partial charge in [0.15, 0.2) is 0 Å². The summed E-state index contributed by atoms with van der Waals surface area (Å²) in [7, 11) is 0. The van der Waals surface area contributed by atoms with Gasteiger partial charge in [0.25, 0.3) is 0 Å². The van der Waals surface area contributed by atoms with Crippen molar-refractivity contribution in [1.29, 1.82) is 0 Å². The molecule has 0 aliphatic rings. The van der Waals surface area contributed by atoms with E-state index < -0.39 is 11.9 Å². The number of aromatic nitrogens is 1. The monoisotopic (exact) mass is 543 g/mol. The normalized spacial score (nSPS) is 11.3. The number of carboxylic acids is 2. The number of carbonyl (C=O) groups is 2. The number of hydrogen-bond acceptors (Lipinski definition) is 3. The molecule has 0 bridgehead atoms. The molecule has 0 aliphatic carbocycles. The fourth-order valence-electron chi connectivity index (χ4n) is 4.89. The molecule has 4 rings (SSSR count). The predicted molar refractivity (Wildman–Crippen MR) is 155 cm³/mol. The van der Waals surface area contributed by atoms with E-state index in [1.165, 1.54) is 6.07 Å². The molecule has 0 radical (unpaired) electrons. The zero-order valence-electron chi connectivity index (χ0n) is 22.6. The Labute approximate surface area is 233 Å². The second kappa shape index (κ2) is 13.6. The summed E-state index contributed by atoms with van der Waals surface area (Å²) in [6.07, 6.45) is 9.49. The Bertz CT molecular complexity index is 1500. The summed E-state index contributed by atoms with van der Waals surface area (Å²) in [4.78, 5) is 22.4. The van der Waals surface area contributed by atoms with Crippen molar-refractivity contribution in [3.8, 4) is 5.75 Å². The molecule has 208 valence electrons. The van der Waals surface area contributed by atoms with Crippen LogP contribution in [-0.2, 0) is 29.0 Å². The van der Waals surface area contributed by atoms with Crippen molar-refractivity contribution in [3.05, 3.63) is 100 Å². The number of carboxylic acid groups (broad SMARTS) is 2. The van der Waals surface area contributed by atoms with Gasteiger partial charge in [-0.15, -0.1) is 0 Å². The van der Waals surface area contributed by atoms with Crippen molar-refractivity contribution in [3.63, 3.8) is 0 Å². The second-order valence-electron chi connectivity index (χ2n) is 9.90. The van der Waals surface area contributed by atoms with Gasteiger partial charge in [0.1, 0.15) is 18.1 Å². The van der Waals surface area contributed by atoms with E-state index in [1.807, 2.05) is 73.8 Å². The molecule has 4 aromatic rings. The van der Waals surface area contributed by atoms with Crippen molar-refractivity contribution < 1.29 is 28.9 Å². The van der Waals surface area contributed by atoms with E-state index in [9.17, 15) is 19.1 Å². The average Bonchev–Trinajstić information content (AvgIpc) is 3.27. The molecule has 0 spiro atoms. The molecule has 0 unspecified atom stereocenters. The molecule has 3 aromatic carbocycles. The molecule has 0 atom stereocenters. The molecule has 0 saturated heterocycles. The Balaban J connectivity index is 1.38. The number of aryl methyl sites for hydroxylation is 2. The first kappa shape index (κ1) is 28.6. The molecule has 0 fully saturated rings. The first-order chi connectivity index (χ1) is 19.3. The van der Waals surface area contributed by atoms with Crippen LogP contribution in [0.4, 0.5) is 4.39 Å². The minimum absolute atomic E-state index is 0.0690. The van der Waals surface area contributed by atoms with Crippen LogP contribution in [0, 0.1) is 12.7 Å². The van der Waals surface area contributed by atoms with Gasteiger partial charge in [-0.1, -0.05) is 54.6 Å². The molecule has 40 heavy (non-hydrogen) atoms. The van der Waals surface area contributed by atoms with Gasteiger partial charge in [-0.25, -0.2) is 4.39 Å². The summed E-state index contributed by atoms with van der Waals surface area (Å²) in [6.45, 7) is 2.22. The van der Waals surface area contributed by atoms with Gasteiger partial charge in [0, 0.05) is 18.0 Å². The summed E-state index contributed by atoms with van der Waals surface area (Å²) in [5, 5.41) is 19.3. The van der Waals surface area contributed by atoms with Crippen molar-refractivity contribution in [2.45, 2.75) is 52.0 Å². The Morgan fingerprint density at radius 2 is 1.62 bits per heavy atom. The highest BCUT2D eigenvalue weighted by Crippen LogP contribution is 2.28. The SMILES string of the molecule is Cc1c(F)cccc1CCCCOc1ccc(/C=C/c2cccc3c(CCCC(=O)O)cn(CC(=O)O)c23)cc1. The minimum atomic E-state index is -0.938. The maximum absolute atomic E-state index is 13.7. The van der Waals surface area contributed by atoms with Gasteiger partial charge in [-0.2, -0.15) is 0 Å². The van der Waals surface area contributed by atoms with Crippen LogP contribution in [-0.4, -0.2) is 33.3 Å². The Morgan fingerprint density at radius 1 is 0.875 bits per heavy atom. The number of unbranched alkanes of at least 4 members (excludes halogenated alkanes) is 1. The zero-order valence-corrected chi connectivity index (χ0v) is 22.6. The highest BCUT2D eigenvalue weighted by molar-refractivity contribution is 5.94. The van der Waals surface area contributed by atoms with E-state index in [0.29, 0.717) is 19.4 Å². The van der Waals surface area contributed by atoms with E-state index in [-0.39, 0.29) is 18.8 Å². The highest BCUT2D eigenvalue weighted by Gasteiger charge is 2.13. The lowest BCUT2D eigenvalue weighted by Crippen LogP contribution is -2.07. The lowest BCUT2D eigenvalue weighted by atomic mass is 10.0. The van der Waals surface area contributed by atoms with E-state index >= 15 is 0 Å². The maximum atomic E-state index is 13.7. The first-order valence-electron chi connectivity index (χ1n) is 13.5. The minimum Gasteiger partial charge on any atom is -0.494 e. The molecule has 6 nitrogen and oxygen atoms in total. The third-order valence-electron chi connectivity index (χ3n) is 6.98. The quantitative estimate of drug-likeness (QED) is 0.130. The standard InChI is InChI=1S/C33H34FNO5/c1-23-25(8-5-12-30(23)34)7-2-3-20-40-28-18-15-24(16-19-28)14-17-26-9-4-11-29-27(10-6-13-31(36)37)21-35(33(26)29)22-32(38)39/h4-5,8-9,11-12,14-19,21H,2-3,6-7,10,13,20,22H2,1H3,(H,36,37)(H,38,39)/b17-14+. The van der Waals surface area contributed by atoms with Gasteiger partial charge in [-0.05, 0) is 85.0 Å². The van der Waals surface area contributed by atoms with E-state index in [2.05, 4.69) is 0 Å². The second-order valence-corrected chi connectivity index (χ2v) is 9.90. The van der Waals surface area contributed by atoms with E-state index in [4.69, 9.17) is 9.84 Å². The molecule has 1 aromatic heterocycles. The summed E-state index contributed by atoms with van der Waals surface area (Å²) in [5.41, 5.74) is 5.38. The van der Waals surface area contributed by atoms with Gasteiger partial charge in [0.2, 0.25) is 0 Å². The number of aliphatic carboxylic acids is 2. The van der Waals surface area contributed by atoms with Crippen LogP contribution in [0.2, 0.25) is 0 Å². The number of rotatable bonds is 14. The predicted octanol–water partition coefficient (Wildman–Crippen LogP) is 7.15. The number of hydrogen-bond donors (Lipinski definition) is 2. The molecule has 7 heteroatoms. The number of ether oxygens (including phenoxy) is 1. The van der Waals surface area contributed by atoms with Gasteiger partial charge in [-0.3, -0.25) is 9.59 Å². The van der Waals surface area contributed by atoms with Crippen LogP contribution in [0.3, 0.4) is 0 Å². The molecule has 0 amide bonds. The van der Waals surface area contributed by atoms with Crippen LogP contribution >= 0.6 is 0 Å². The van der Waals surface area contributed by atoms with Crippen LogP contribution in [0.5, 0.6) is 5.75 Å². The number of halogens is 1. The van der Waals surface area contributed by atoms with E-state index in [0.717, 1.165) is 63.7 Å². The number of benzene rings is 3. The fraction of sp³-hybridized carbons (Fsp3) is 0.273. The smallest absolute Gasteiger partial charge is 0.323 e. The number of para-hydroxylation sites is 1. The lowest BCUT2D eigenvalue weighted by Gasteiger charge is -2.08. The largest absolute Gasteiger partial charge is 0.494 e. The third-order valence-corrected chi connectivity index (χ3v) is 6.98. The topological polar surface area (TPSA) is 88.8 Å². The van der Waals surface area contributed by atoms with Crippen LogP contribution in [0.15, 0.2) is 66.9 Å². The summed E-state index contributed by atoms with van der Waals surface area (Å²) in [6, 6.07) is 18.8. The van der Waals surface area contributed by atoms with Gasteiger partial charge < -0.3 is 19.5 Å². The molecular weight excluding hydrogens is 509 g/mol. The highest BCUT2D eigenvalue weighted by atomic mass is 19.1. The van der Waals surface area contributed by atoms with Gasteiger partial charge in [0.05, 0.1) is 12.1 Å². The number of fused-ring (bicyclic) bond motifs is 1. The first-order valence-corrected chi connectivity index (χ1v) is 13.5. The molecule has 0 aliphatic heterocycles. The van der Waals surface area contributed by atoms with Gasteiger partial charge >= 0.3 is 11.9 Å².